The van der Waals surface area contributed by atoms with E-state index in [1.54, 1.807) is 0 Å². The molecule has 0 saturated heterocycles. The van der Waals surface area contributed by atoms with E-state index in [0.29, 0.717) is 0 Å². The van der Waals surface area contributed by atoms with E-state index >= 15 is 0 Å². The molecule has 0 fully saturated rings. The second kappa shape index (κ2) is 5.93. The molecule has 114 valence electrons. The van der Waals surface area contributed by atoms with Crippen LogP contribution in [0.15, 0.2) is 16.6 Å². The maximum absolute atomic E-state index is 12.7. The van der Waals surface area contributed by atoms with Crippen molar-refractivity contribution in [2.45, 2.75) is 18.8 Å². The van der Waals surface area contributed by atoms with Gasteiger partial charge in [-0.2, -0.15) is 31.6 Å². The quantitative estimate of drug-likeness (QED) is 0.783. The number of anilines is 1. The minimum Gasteiger partial charge on any atom is -0.324 e. The van der Waals surface area contributed by atoms with Gasteiger partial charge in [-0.3, -0.25) is 4.79 Å². The van der Waals surface area contributed by atoms with Gasteiger partial charge in [-0.1, -0.05) is 0 Å². The predicted molar refractivity (Wildman–Crippen MR) is 63.0 cm³/mol. The molecule has 0 bridgehead atoms. The maximum atomic E-state index is 12.7. The van der Waals surface area contributed by atoms with Gasteiger partial charge in [-0.05, 0) is 28.1 Å². The SMILES string of the molecule is N#CCC(=O)Nc1cc(C(F)(F)F)c(C(F)(F)F)cc1Br. The second-order valence-corrected chi connectivity index (χ2v) is 4.61. The van der Waals surface area contributed by atoms with Gasteiger partial charge in [0.15, 0.2) is 0 Å². The van der Waals surface area contributed by atoms with E-state index in [4.69, 9.17) is 5.26 Å². The third kappa shape index (κ3) is 4.35. The van der Waals surface area contributed by atoms with Gasteiger partial charge in [0.2, 0.25) is 5.91 Å². The summed E-state index contributed by atoms with van der Waals surface area (Å²) in [5, 5.41) is 10.2. The number of alkyl halides is 6. The standard InChI is InChI=1S/C11H5BrF6N2O/c12-7-3-5(10(13,14)15)6(11(16,17)18)4-8(7)20-9(21)1-2-19/h3-4H,1H2,(H,20,21). The summed E-state index contributed by atoms with van der Waals surface area (Å²) in [6.07, 6.45) is -11.1. The summed E-state index contributed by atoms with van der Waals surface area (Å²) >= 11 is 2.66. The Morgan fingerprint density at radius 1 is 1.14 bits per heavy atom. The molecule has 3 nitrogen and oxygen atoms in total. The zero-order chi connectivity index (χ0) is 16.4. The number of nitrogens with zero attached hydrogens (tertiary/aromatic N) is 1. The average Bonchev–Trinajstić information content (AvgIpc) is 2.28. The van der Waals surface area contributed by atoms with Crippen LogP contribution in [0.2, 0.25) is 0 Å². The summed E-state index contributed by atoms with van der Waals surface area (Å²) in [7, 11) is 0. The van der Waals surface area contributed by atoms with Crippen LogP contribution in [0.25, 0.3) is 0 Å². The molecule has 10 heteroatoms. The molecule has 0 heterocycles. The number of rotatable bonds is 2. The maximum Gasteiger partial charge on any atom is 0.417 e. The minimum absolute atomic E-state index is 0.169. The molecule has 0 unspecified atom stereocenters. The van der Waals surface area contributed by atoms with Gasteiger partial charge in [-0.25, -0.2) is 0 Å². The topological polar surface area (TPSA) is 52.9 Å². The molecule has 0 aliphatic carbocycles. The Bertz CT molecular complexity index is 602. The normalized spacial score (nSPS) is 11.9. The Balaban J connectivity index is 3.39. The number of benzene rings is 1. The van der Waals surface area contributed by atoms with Gasteiger partial charge >= 0.3 is 12.4 Å². The van der Waals surface area contributed by atoms with E-state index < -0.39 is 41.5 Å². The number of hydrogen-bond acceptors (Lipinski definition) is 2. The average molecular weight is 375 g/mol. The van der Waals surface area contributed by atoms with Gasteiger partial charge in [0.25, 0.3) is 0 Å². The van der Waals surface area contributed by atoms with Crippen LogP contribution in [-0.2, 0) is 17.1 Å². The molecular weight excluding hydrogens is 370 g/mol. The van der Waals surface area contributed by atoms with E-state index in [2.05, 4.69) is 15.9 Å². The Morgan fingerprint density at radius 3 is 2.05 bits per heavy atom. The molecule has 0 spiro atoms. The van der Waals surface area contributed by atoms with E-state index in [9.17, 15) is 31.1 Å². The molecule has 21 heavy (non-hydrogen) atoms. The van der Waals surface area contributed by atoms with Crippen molar-refractivity contribution in [3.05, 3.63) is 27.7 Å². The molecule has 0 saturated carbocycles. The molecule has 1 rings (SSSR count). The molecule has 0 radical (unpaired) electrons. The Morgan fingerprint density at radius 2 is 1.62 bits per heavy atom. The summed E-state index contributed by atoms with van der Waals surface area (Å²) in [6, 6.07) is 1.85. The van der Waals surface area contributed by atoms with E-state index in [0.717, 1.165) is 0 Å². The summed E-state index contributed by atoms with van der Waals surface area (Å²) in [5.41, 5.74) is -4.30. The van der Waals surface area contributed by atoms with Crippen molar-refractivity contribution in [1.29, 1.82) is 5.26 Å². The summed E-state index contributed by atoms with van der Waals surface area (Å²) in [4.78, 5) is 11.1. The summed E-state index contributed by atoms with van der Waals surface area (Å²) < 4.78 is 75.6. The third-order valence-corrected chi connectivity index (χ3v) is 2.89. The van der Waals surface area contributed by atoms with Crippen molar-refractivity contribution >= 4 is 27.5 Å². The molecule has 0 aliphatic heterocycles. The second-order valence-electron chi connectivity index (χ2n) is 3.76. The summed E-state index contributed by atoms with van der Waals surface area (Å²) in [5.74, 6) is -0.939. The fourth-order valence-corrected chi connectivity index (χ4v) is 1.85. The highest BCUT2D eigenvalue weighted by molar-refractivity contribution is 9.10. The fraction of sp³-hybridized carbons (Fsp3) is 0.273. The lowest BCUT2D eigenvalue weighted by atomic mass is 10.1. The first kappa shape index (κ1) is 17.3. The molecule has 1 amide bonds. The number of carbonyl (C=O) groups excluding carboxylic acids is 1. The largest absolute Gasteiger partial charge is 0.417 e. The molecule has 0 atom stereocenters. The number of nitriles is 1. The fourth-order valence-electron chi connectivity index (χ4n) is 1.40. The molecule has 0 aliphatic rings. The van der Waals surface area contributed by atoms with Crippen molar-refractivity contribution in [1.82, 2.24) is 0 Å². The smallest absolute Gasteiger partial charge is 0.324 e. The van der Waals surface area contributed by atoms with Crippen LogP contribution < -0.4 is 5.32 Å². The van der Waals surface area contributed by atoms with E-state index in [-0.39, 0.29) is 16.6 Å². The van der Waals surface area contributed by atoms with Gasteiger partial charge in [0.05, 0.1) is 22.9 Å². The third-order valence-electron chi connectivity index (χ3n) is 2.23. The lowest BCUT2D eigenvalue weighted by molar-refractivity contribution is -0.162. The number of carbonyl (C=O) groups is 1. The monoisotopic (exact) mass is 374 g/mol. The van der Waals surface area contributed by atoms with Gasteiger partial charge in [0, 0.05) is 4.47 Å². The Hall–Kier alpha value is -1.76. The first-order valence-corrected chi connectivity index (χ1v) is 5.91. The van der Waals surface area contributed by atoms with Crippen molar-refractivity contribution < 1.29 is 31.1 Å². The molecular formula is C11H5BrF6N2O. The number of nitrogens with one attached hydrogen (secondary N) is 1. The van der Waals surface area contributed by atoms with Crippen molar-refractivity contribution in [3.63, 3.8) is 0 Å². The number of halogens is 7. The van der Waals surface area contributed by atoms with Gasteiger partial charge in [-0.15, -0.1) is 0 Å². The van der Waals surface area contributed by atoms with Crippen LogP contribution in [0, 0.1) is 11.3 Å². The molecule has 1 aromatic carbocycles. The Kier molecular flexibility index (Phi) is 4.88. The highest BCUT2D eigenvalue weighted by Crippen LogP contribution is 2.43. The zero-order valence-electron chi connectivity index (χ0n) is 9.86. The van der Waals surface area contributed by atoms with Crippen LogP contribution in [-0.4, -0.2) is 5.91 Å². The predicted octanol–water partition coefficient (Wildman–Crippen LogP) is 4.34. The highest BCUT2D eigenvalue weighted by Gasteiger charge is 2.43. The molecule has 1 aromatic rings. The van der Waals surface area contributed by atoms with Crippen LogP contribution >= 0.6 is 15.9 Å². The minimum atomic E-state index is -5.25. The van der Waals surface area contributed by atoms with E-state index in [1.165, 1.54) is 6.07 Å². The van der Waals surface area contributed by atoms with Crippen LogP contribution in [0.5, 0.6) is 0 Å². The summed E-state index contributed by atoms with van der Waals surface area (Å²) in [6.45, 7) is 0. The lowest BCUT2D eigenvalue weighted by Gasteiger charge is -2.18. The first-order chi connectivity index (χ1) is 9.46. The highest BCUT2D eigenvalue weighted by atomic mass is 79.9. The number of hydrogen-bond donors (Lipinski definition) is 1. The van der Waals surface area contributed by atoms with Gasteiger partial charge in [0.1, 0.15) is 6.42 Å². The van der Waals surface area contributed by atoms with Crippen molar-refractivity contribution in [2.75, 3.05) is 5.32 Å². The lowest BCUT2D eigenvalue weighted by Crippen LogP contribution is -2.18. The van der Waals surface area contributed by atoms with Gasteiger partial charge < -0.3 is 5.32 Å². The molecule has 0 aromatic heterocycles. The number of amides is 1. The van der Waals surface area contributed by atoms with Crippen molar-refractivity contribution in [2.24, 2.45) is 0 Å². The zero-order valence-corrected chi connectivity index (χ0v) is 11.4. The molecule has 1 N–H and O–H groups in total. The van der Waals surface area contributed by atoms with Crippen LogP contribution in [0.4, 0.5) is 32.0 Å². The van der Waals surface area contributed by atoms with E-state index in [1.807, 2.05) is 5.32 Å². The van der Waals surface area contributed by atoms with Crippen molar-refractivity contribution in [3.8, 4) is 6.07 Å². The van der Waals surface area contributed by atoms with Crippen LogP contribution in [0.1, 0.15) is 17.5 Å². The van der Waals surface area contributed by atoms with Crippen LogP contribution in [0.3, 0.4) is 0 Å². The first-order valence-electron chi connectivity index (χ1n) is 5.11. The Labute approximate surface area is 122 Å².